The number of hydrogen-bond acceptors (Lipinski definition) is 4. The molecule has 0 bridgehead atoms. The van der Waals surface area contributed by atoms with Crippen molar-refractivity contribution in [1.82, 2.24) is 4.90 Å². The standard InChI is InChI=1S/C9H13N3O3S/c1-4-6(13)5(7(10)14)8(16-4)11-9(15)12(2)3/h4,13H,1-3H3,(H2,10,14)/b11-8-. The number of amides is 3. The predicted molar refractivity (Wildman–Crippen MR) is 62.4 cm³/mol. The van der Waals surface area contributed by atoms with Crippen molar-refractivity contribution < 1.29 is 14.7 Å². The summed E-state index contributed by atoms with van der Waals surface area (Å²) in [6.07, 6.45) is 0. The van der Waals surface area contributed by atoms with Crippen LogP contribution in [0.2, 0.25) is 0 Å². The van der Waals surface area contributed by atoms with E-state index in [9.17, 15) is 14.7 Å². The lowest BCUT2D eigenvalue weighted by atomic mass is 10.2. The SMILES string of the molecule is CC1S/C(=N\C(=O)N(C)C)C(C(N)=O)=C1O. The minimum atomic E-state index is -0.778. The molecular weight excluding hydrogens is 230 g/mol. The molecule has 0 radical (unpaired) electrons. The minimum Gasteiger partial charge on any atom is -0.510 e. The summed E-state index contributed by atoms with van der Waals surface area (Å²) in [5.41, 5.74) is 5.05. The first-order valence-corrected chi connectivity index (χ1v) is 5.42. The van der Waals surface area contributed by atoms with Crippen LogP contribution in [0.4, 0.5) is 4.79 Å². The number of hydrogen-bond donors (Lipinski definition) is 2. The third-order valence-electron chi connectivity index (χ3n) is 1.97. The minimum absolute atomic E-state index is 0.0623. The summed E-state index contributed by atoms with van der Waals surface area (Å²) in [5.74, 6) is -0.900. The maximum Gasteiger partial charge on any atom is 0.344 e. The van der Waals surface area contributed by atoms with Crippen molar-refractivity contribution >= 4 is 28.7 Å². The normalized spacial score (nSPS) is 22.7. The molecule has 0 aliphatic carbocycles. The van der Waals surface area contributed by atoms with Gasteiger partial charge in [-0.1, -0.05) is 11.8 Å². The van der Waals surface area contributed by atoms with E-state index in [1.807, 2.05) is 0 Å². The number of aliphatic hydroxyl groups excluding tert-OH is 1. The van der Waals surface area contributed by atoms with E-state index in [2.05, 4.69) is 4.99 Å². The van der Waals surface area contributed by atoms with Crippen molar-refractivity contribution in [1.29, 1.82) is 0 Å². The maximum absolute atomic E-state index is 11.3. The summed E-state index contributed by atoms with van der Waals surface area (Å²) in [5, 5.41) is 9.47. The number of nitrogens with two attached hydrogens (primary N) is 1. The second-order valence-corrected chi connectivity index (χ2v) is 4.81. The number of aliphatic imine (C=N–C) groups is 1. The van der Waals surface area contributed by atoms with Gasteiger partial charge in [0.2, 0.25) is 0 Å². The van der Waals surface area contributed by atoms with Crippen molar-refractivity contribution in [2.45, 2.75) is 12.2 Å². The highest BCUT2D eigenvalue weighted by atomic mass is 32.2. The summed E-state index contributed by atoms with van der Waals surface area (Å²) in [6, 6.07) is -0.497. The van der Waals surface area contributed by atoms with Gasteiger partial charge in [-0.15, -0.1) is 0 Å². The summed E-state index contributed by atoms with van der Waals surface area (Å²) < 4.78 is 0. The Balaban J connectivity index is 3.09. The molecule has 7 heteroatoms. The van der Waals surface area contributed by atoms with Crippen LogP contribution < -0.4 is 5.73 Å². The first kappa shape index (κ1) is 12.6. The zero-order valence-electron chi connectivity index (χ0n) is 9.22. The van der Waals surface area contributed by atoms with Gasteiger partial charge in [0.05, 0.1) is 5.25 Å². The first-order chi connectivity index (χ1) is 7.34. The average molecular weight is 243 g/mol. The molecule has 0 aromatic rings. The highest BCUT2D eigenvalue weighted by Gasteiger charge is 2.32. The molecule has 1 unspecified atom stereocenters. The van der Waals surface area contributed by atoms with Crippen molar-refractivity contribution in [2.75, 3.05) is 14.1 Å². The molecule has 3 amide bonds. The van der Waals surface area contributed by atoms with E-state index in [0.29, 0.717) is 0 Å². The van der Waals surface area contributed by atoms with Crippen molar-refractivity contribution in [2.24, 2.45) is 10.7 Å². The van der Waals surface area contributed by atoms with Gasteiger partial charge in [0.25, 0.3) is 5.91 Å². The number of thioether (sulfide) groups is 1. The third kappa shape index (κ3) is 2.35. The lowest BCUT2D eigenvalue weighted by Gasteiger charge is -2.06. The Bertz CT molecular complexity index is 401. The van der Waals surface area contributed by atoms with Gasteiger partial charge in [0.15, 0.2) is 0 Å². The molecule has 6 nitrogen and oxygen atoms in total. The van der Waals surface area contributed by atoms with Gasteiger partial charge in [-0.3, -0.25) is 4.79 Å². The van der Waals surface area contributed by atoms with E-state index in [-0.39, 0.29) is 21.6 Å². The molecule has 1 rings (SSSR count). The van der Waals surface area contributed by atoms with E-state index in [1.54, 1.807) is 21.0 Å². The quantitative estimate of drug-likeness (QED) is 0.701. The third-order valence-corrected chi connectivity index (χ3v) is 3.07. The van der Waals surface area contributed by atoms with E-state index in [0.717, 1.165) is 11.8 Å². The van der Waals surface area contributed by atoms with Crippen molar-refractivity contribution in [3.63, 3.8) is 0 Å². The van der Waals surface area contributed by atoms with Crippen LogP contribution in [0.15, 0.2) is 16.3 Å². The second kappa shape index (κ2) is 4.56. The van der Waals surface area contributed by atoms with Gasteiger partial charge in [0.1, 0.15) is 16.4 Å². The molecule has 1 aliphatic heterocycles. The zero-order chi connectivity index (χ0) is 12.5. The predicted octanol–water partition coefficient (Wildman–Crippen LogP) is 0.499. The summed E-state index contributed by atoms with van der Waals surface area (Å²) in [6.45, 7) is 1.70. The monoisotopic (exact) mass is 243 g/mol. The molecule has 0 aromatic heterocycles. The highest BCUT2D eigenvalue weighted by molar-refractivity contribution is 8.15. The van der Waals surface area contributed by atoms with Crippen LogP contribution in [0.1, 0.15) is 6.92 Å². The molecule has 0 saturated carbocycles. The number of nitrogens with zero attached hydrogens (tertiary/aromatic N) is 2. The Morgan fingerprint density at radius 3 is 2.50 bits per heavy atom. The molecule has 0 saturated heterocycles. The van der Waals surface area contributed by atoms with E-state index < -0.39 is 11.9 Å². The Morgan fingerprint density at radius 2 is 2.06 bits per heavy atom. The van der Waals surface area contributed by atoms with Gasteiger partial charge in [-0.2, -0.15) is 4.99 Å². The number of carbonyl (C=O) groups is 2. The van der Waals surface area contributed by atoms with Gasteiger partial charge in [-0.05, 0) is 6.92 Å². The van der Waals surface area contributed by atoms with E-state index in [4.69, 9.17) is 5.73 Å². The fourth-order valence-electron chi connectivity index (χ4n) is 1.10. The average Bonchev–Trinajstić information content (AvgIpc) is 2.42. The Morgan fingerprint density at radius 1 is 1.50 bits per heavy atom. The van der Waals surface area contributed by atoms with Gasteiger partial charge in [0, 0.05) is 14.1 Å². The van der Waals surface area contributed by atoms with E-state index >= 15 is 0 Å². The fraction of sp³-hybridized carbons (Fsp3) is 0.444. The molecule has 88 valence electrons. The second-order valence-electron chi connectivity index (χ2n) is 3.48. The van der Waals surface area contributed by atoms with Crippen LogP contribution >= 0.6 is 11.8 Å². The topological polar surface area (TPSA) is 96.0 Å². The van der Waals surface area contributed by atoms with Crippen molar-refractivity contribution in [3.05, 3.63) is 11.3 Å². The van der Waals surface area contributed by atoms with Gasteiger partial charge < -0.3 is 15.7 Å². The number of rotatable bonds is 1. The number of aliphatic hydroxyl groups is 1. The highest BCUT2D eigenvalue weighted by Crippen LogP contribution is 2.33. The zero-order valence-corrected chi connectivity index (χ0v) is 10.0. The first-order valence-electron chi connectivity index (χ1n) is 4.54. The summed E-state index contributed by atoms with van der Waals surface area (Å²) in [7, 11) is 3.09. The molecular formula is C9H13N3O3S. The van der Waals surface area contributed by atoms with Gasteiger partial charge >= 0.3 is 6.03 Å². The fourth-order valence-corrected chi connectivity index (χ4v) is 2.11. The maximum atomic E-state index is 11.3. The lowest BCUT2D eigenvalue weighted by Crippen LogP contribution is -2.22. The number of carbonyl (C=O) groups excluding carboxylic acids is 2. The van der Waals surface area contributed by atoms with Crippen LogP contribution in [-0.4, -0.2) is 46.3 Å². The molecule has 0 fully saturated rings. The Labute approximate surface area is 97.2 Å². The summed E-state index contributed by atoms with van der Waals surface area (Å²) >= 11 is 1.13. The summed E-state index contributed by atoms with van der Waals surface area (Å²) in [4.78, 5) is 27.5. The van der Waals surface area contributed by atoms with E-state index in [1.165, 1.54) is 4.90 Å². The molecule has 1 aliphatic rings. The number of urea groups is 1. The van der Waals surface area contributed by atoms with Crippen LogP contribution in [0.3, 0.4) is 0 Å². The Hall–Kier alpha value is -1.50. The Kier molecular flexibility index (Phi) is 3.58. The molecule has 1 atom stereocenters. The van der Waals surface area contributed by atoms with Gasteiger partial charge in [-0.25, -0.2) is 4.79 Å². The molecule has 0 spiro atoms. The largest absolute Gasteiger partial charge is 0.510 e. The molecule has 3 N–H and O–H groups in total. The van der Waals surface area contributed by atoms with Crippen LogP contribution in [0.25, 0.3) is 0 Å². The molecule has 0 aromatic carbocycles. The molecule has 16 heavy (non-hydrogen) atoms. The van der Waals surface area contributed by atoms with Crippen LogP contribution in [-0.2, 0) is 4.79 Å². The lowest BCUT2D eigenvalue weighted by molar-refractivity contribution is -0.114. The van der Waals surface area contributed by atoms with Crippen molar-refractivity contribution in [3.8, 4) is 0 Å². The van der Waals surface area contributed by atoms with Crippen LogP contribution in [0, 0.1) is 0 Å². The number of primary amides is 1. The van der Waals surface area contributed by atoms with Crippen LogP contribution in [0.5, 0.6) is 0 Å². The molecule has 1 heterocycles. The smallest absolute Gasteiger partial charge is 0.344 e.